The highest BCUT2D eigenvalue weighted by atomic mass is 32.1. The van der Waals surface area contributed by atoms with E-state index in [0.29, 0.717) is 6.04 Å². The van der Waals surface area contributed by atoms with Gasteiger partial charge in [0.25, 0.3) is 0 Å². The van der Waals surface area contributed by atoms with Crippen LogP contribution in [0, 0.1) is 0 Å². The number of rotatable bonds is 6. The molecule has 1 unspecified atom stereocenters. The zero-order chi connectivity index (χ0) is 11.3. The summed E-state index contributed by atoms with van der Waals surface area (Å²) in [6, 6.07) is 4.99. The molecule has 1 N–H and O–H groups in total. The van der Waals surface area contributed by atoms with Gasteiger partial charge >= 0.3 is 0 Å². The molecule has 0 aliphatic rings. The van der Waals surface area contributed by atoms with Crippen molar-refractivity contribution in [2.45, 2.75) is 39.2 Å². The van der Waals surface area contributed by atoms with E-state index >= 15 is 0 Å². The fraction of sp³-hybridized carbons (Fsp3) is 0.538. The first-order valence-corrected chi connectivity index (χ1v) is 6.39. The van der Waals surface area contributed by atoms with E-state index < -0.39 is 0 Å². The highest BCUT2D eigenvalue weighted by Crippen LogP contribution is 2.27. The Morgan fingerprint density at radius 3 is 2.73 bits per heavy atom. The van der Waals surface area contributed by atoms with Crippen LogP contribution in [-0.4, -0.2) is 7.05 Å². The molecule has 0 fully saturated rings. The van der Waals surface area contributed by atoms with Crippen LogP contribution in [0.3, 0.4) is 0 Å². The molecule has 0 bridgehead atoms. The Morgan fingerprint density at radius 1 is 1.53 bits per heavy atom. The van der Waals surface area contributed by atoms with Crippen LogP contribution in [-0.2, 0) is 6.42 Å². The lowest BCUT2D eigenvalue weighted by Crippen LogP contribution is -2.14. The zero-order valence-corrected chi connectivity index (χ0v) is 10.8. The maximum absolute atomic E-state index is 3.95. The van der Waals surface area contributed by atoms with Gasteiger partial charge in [0.2, 0.25) is 0 Å². The van der Waals surface area contributed by atoms with Crippen molar-refractivity contribution in [1.82, 2.24) is 5.32 Å². The maximum atomic E-state index is 3.95. The molecule has 0 aliphatic carbocycles. The van der Waals surface area contributed by atoms with Gasteiger partial charge in [0.05, 0.1) is 0 Å². The number of nitrogens with one attached hydrogen (secondary N) is 1. The van der Waals surface area contributed by atoms with E-state index in [9.17, 15) is 0 Å². The quantitative estimate of drug-likeness (QED) is 0.721. The maximum Gasteiger partial charge on any atom is 0.0415 e. The third-order valence-electron chi connectivity index (χ3n) is 2.58. The zero-order valence-electron chi connectivity index (χ0n) is 9.97. The molecule has 1 nitrogen and oxygen atoms in total. The van der Waals surface area contributed by atoms with Gasteiger partial charge in [-0.05, 0) is 45.4 Å². The molecule has 0 aromatic carbocycles. The molecule has 1 heterocycles. The molecule has 1 aromatic heterocycles. The summed E-state index contributed by atoms with van der Waals surface area (Å²) in [4.78, 5) is 2.93. The summed E-state index contributed by atoms with van der Waals surface area (Å²) in [7, 11) is 2.04. The van der Waals surface area contributed by atoms with Crippen LogP contribution in [0.15, 0.2) is 24.3 Å². The molecule has 0 saturated heterocycles. The molecule has 15 heavy (non-hydrogen) atoms. The van der Waals surface area contributed by atoms with E-state index in [1.54, 1.807) is 0 Å². The Bertz CT molecular complexity index is 314. The smallest absolute Gasteiger partial charge is 0.0415 e. The molecular formula is C13H21NS. The molecule has 0 saturated carbocycles. The first-order chi connectivity index (χ1) is 7.17. The van der Waals surface area contributed by atoms with Gasteiger partial charge in [-0.1, -0.05) is 12.5 Å². The molecule has 1 aromatic rings. The number of hydrogen-bond donors (Lipinski definition) is 1. The van der Waals surface area contributed by atoms with Gasteiger partial charge in [-0.2, -0.15) is 0 Å². The Balaban J connectivity index is 2.61. The third kappa shape index (κ3) is 3.80. The van der Waals surface area contributed by atoms with Crippen LogP contribution in [0.1, 0.15) is 42.5 Å². The summed E-state index contributed by atoms with van der Waals surface area (Å²) in [5, 5.41) is 3.38. The van der Waals surface area contributed by atoms with E-state index in [1.165, 1.54) is 15.3 Å². The molecule has 2 heteroatoms. The second-order valence-electron chi connectivity index (χ2n) is 3.99. The fourth-order valence-corrected chi connectivity index (χ4v) is 2.69. The van der Waals surface area contributed by atoms with Crippen molar-refractivity contribution < 1.29 is 0 Å². The molecule has 0 radical (unpaired) electrons. The topological polar surface area (TPSA) is 12.0 Å². The molecular weight excluding hydrogens is 202 g/mol. The highest BCUT2D eigenvalue weighted by Gasteiger charge is 2.11. The van der Waals surface area contributed by atoms with Gasteiger partial charge in [-0.15, -0.1) is 17.9 Å². The van der Waals surface area contributed by atoms with Crippen LogP contribution >= 0.6 is 11.3 Å². The standard InChI is InChI=1S/C13H21NS/c1-5-11-7-9-13(15-11)12(14-4)8-6-10(2)3/h7,9,12,14H,2,5-6,8H2,1,3-4H3. The first kappa shape index (κ1) is 12.5. The predicted octanol–water partition coefficient (Wildman–Crippen LogP) is 3.93. The van der Waals surface area contributed by atoms with Crippen molar-refractivity contribution in [2.75, 3.05) is 7.05 Å². The van der Waals surface area contributed by atoms with Gasteiger partial charge in [0.1, 0.15) is 0 Å². The Hall–Kier alpha value is -0.600. The molecule has 0 spiro atoms. The van der Waals surface area contributed by atoms with E-state index in [1.807, 2.05) is 18.4 Å². The van der Waals surface area contributed by atoms with Gasteiger partial charge < -0.3 is 5.32 Å². The van der Waals surface area contributed by atoms with Crippen LogP contribution in [0.5, 0.6) is 0 Å². The van der Waals surface area contributed by atoms with E-state index in [2.05, 4.69) is 37.9 Å². The van der Waals surface area contributed by atoms with Crippen LogP contribution < -0.4 is 5.32 Å². The second kappa shape index (κ2) is 6.09. The second-order valence-corrected chi connectivity index (χ2v) is 5.19. The summed E-state index contributed by atoms with van der Waals surface area (Å²) < 4.78 is 0. The summed E-state index contributed by atoms with van der Waals surface area (Å²) in [5.41, 5.74) is 1.27. The van der Waals surface area contributed by atoms with Gasteiger partial charge in [0, 0.05) is 15.8 Å². The van der Waals surface area contributed by atoms with Crippen molar-refractivity contribution in [1.29, 1.82) is 0 Å². The lowest BCUT2D eigenvalue weighted by Gasteiger charge is -2.14. The minimum absolute atomic E-state index is 0.493. The number of aryl methyl sites for hydroxylation is 1. The summed E-state index contributed by atoms with van der Waals surface area (Å²) in [6.07, 6.45) is 3.39. The molecule has 0 amide bonds. The predicted molar refractivity (Wildman–Crippen MR) is 69.5 cm³/mol. The molecule has 84 valence electrons. The van der Waals surface area contributed by atoms with Crippen LogP contribution in [0.2, 0.25) is 0 Å². The monoisotopic (exact) mass is 223 g/mol. The SMILES string of the molecule is C=C(C)CCC(NC)c1ccc(CC)s1. The van der Waals surface area contributed by atoms with Crippen LogP contribution in [0.4, 0.5) is 0 Å². The average Bonchev–Trinajstić information content (AvgIpc) is 2.67. The van der Waals surface area contributed by atoms with Gasteiger partial charge in [-0.25, -0.2) is 0 Å². The van der Waals surface area contributed by atoms with Crippen molar-refractivity contribution in [3.63, 3.8) is 0 Å². The minimum Gasteiger partial charge on any atom is -0.312 e. The molecule has 1 atom stereocenters. The van der Waals surface area contributed by atoms with E-state index in [-0.39, 0.29) is 0 Å². The molecule has 0 aliphatic heterocycles. The van der Waals surface area contributed by atoms with Crippen molar-refractivity contribution >= 4 is 11.3 Å². The fourth-order valence-electron chi connectivity index (χ4n) is 1.59. The lowest BCUT2D eigenvalue weighted by atomic mass is 10.1. The summed E-state index contributed by atoms with van der Waals surface area (Å²) >= 11 is 1.93. The first-order valence-electron chi connectivity index (χ1n) is 5.57. The van der Waals surface area contributed by atoms with Crippen molar-refractivity contribution in [3.05, 3.63) is 34.0 Å². The van der Waals surface area contributed by atoms with Crippen molar-refractivity contribution in [3.8, 4) is 0 Å². The van der Waals surface area contributed by atoms with E-state index in [4.69, 9.17) is 0 Å². The Morgan fingerprint density at radius 2 is 2.27 bits per heavy atom. The van der Waals surface area contributed by atoms with Crippen LogP contribution in [0.25, 0.3) is 0 Å². The lowest BCUT2D eigenvalue weighted by molar-refractivity contribution is 0.557. The number of hydrogen-bond acceptors (Lipinski definition) is 2. The van der Waals surface area contributed by atoms with Gasteiger partial charge in [0.15, 0.2) is 0 Å². The number of thiophene rings is 1. The molecule has 1 rings (SSSR count). The Labute approximate surface area is 97.2 Å². The average molecular weight is 223 g/mol. The minimum atomic E-state index is 0.493. The Kier molecular flexibility index (Phi) is 5.06. The number of allylic oxidation sites excluding steroid dienone is 1. The van der Waals surface area contributed by atoms with Gasteiger partial charge in [-0.3, -0.25) is 0 Å². The third-order valence-corrected chi connectivity index (χ3v) is 3.93. The van der Waals surface area contributed by atoms with Crippen molar-refractivity contribution in [2.24, 2.45) is 0 Å². The van der Waals surface area contributed by atoms with E-state index in [0.717, 1.165) is 19.3 Å². The summed E-state index contributed by atoms with van der Waals surface area (Å²) in [6.45, 7) is 8.25. The summed E-state index contributed by atoms with van der Waals surface area (Å²) in [5.74, 6) is 0. The largest absolute Gasteiger partial charge is 0.312 e. The normalized spacial score (nSPS) is 12.7. The highest BCUT2D eigenvalue weighted by molar-refractivity contribution is 7.12.